The summed E-state index contributed by atoms with van der Waals surface area (Å²) < 4.78 is 21.3. The summed E-state index contributed by atoms with van der Waals surface area (Å²) >= 11 is 15.9. The minimum Gasteiger partial charge on any atom is -0.394 e. The van der Waals surface area contributed by atoms with Gasteiger partial charge in [-0.2, -0.15) is 0 Å². The number of unbranched alkanes of at least 4 members (excludes halogenated alkanes) is 2. The third-order valence-corrected chi connectivity index (χ3v) is 10.3. The number of aliphatic hydroxyl groups excluding tert-OH is 11. The summed E-state index contributed by atoms with van der Waals surface area (Å²) in [4.78, 5) is 13.0. The van der Waals surface area contributed by atoms with E-state index in [-0.39, 0.29) is 47.3 Å². The number of ether oxygens (including phenoxy) is 4. The van der Waals surface area contributed by atoms with Gasteiger partial charge >= 0.3 is 0 Å². The van der Waals surface area contributed by atoms with Crippen LogP contribution >= 0.6 is 36.7 Å². The Morgan fingerprint density at radius 1 is 0.596 bits per heavy atom. The van der Waals surface area contributed by atoms with E-state index < -0.39 is 111 Å². The van der Waals surface area contributed by atoms with Crippen molar-refractivity contribution < 1.29 is 79.9 Å². The Hall–Kier alpha value is -2.06. The molecule has 3 saturated heterocycles. The highest BCUT2D eigenvalue weighted by Crippen LogP contribution is 2.22. The fraction of sp³-hybridized carbons (Fsp3) is 0.871. The van der Waals surface area contributed by atoms with Crippen molar-refractivity contribution >= 4 is 57.9 Å². The van der Waals surface area contributed by atoms with E-state index in [0.717, 1.165) is 0 Å². The Bertz CT molecular complexity index is 1230. The van der Waals surface area contributed by atoms with Gasteiger partial charge in [0.05, 0.1) is 19.3 Å². The van der Waals surface area contributed by atoms with Crippen LogP contribution in [0.25, 0.3) is 0 Å². The van der Waals surface area contributed by atoms with Crippen molar-refractivity contribution in [3.05, 3.63) is 0 Å². The number of methoxy groups -OCH3 is 1. The predicted molar refractivity (Wildman–Crippen MR) is 208 cm³/mol. The molecule has 23 nitrogen and oxygen atoms in total. The quantitative estimate of drug-likeness (QED) is 0.0449. The van der Waals surface area contributed by atoms with Crippen LogP contribution in [0.1, 0.15) is 25.7 Å². The fourth-order valence-corrected chi connectivity index (χ4v) is 6.62. The molecule has 0 aliphatic carbocycles. The van der Waals surface area contributed by atoms with Gasteiger partial charge in [0.1, 0.15) is 73.2 Å². The molecule has 3 aliphatic heterocycles. The van der Waals surface area contributed by atoms with Crippen molar-refractivity contribution in [3.63, 3.8) is 0 Å². The number of hydrogen-bond donors (Lipinski definition) is 18. The summed E-state index contributed by atoms with van der Waals surface area (Å²) in [6.45, 7) is -0.832. The first-order valence-electron chi connectivity index (χ1n) is 18.3. The minimum absolute atomic E-state index is 0.0202. The number of nitrogens with one attached hydrogen (secondary N) is 7. The lowest BCUT2D eigenvalue weighted by molar-refractivity contribution is -0.288. The van der Waals surface area contributed by atoms with Gasteiger partial charge in [0.15, 0.2) is 34.1 Å². The lowest BCUT2D eigenvalue weighted by atomic mass is 9.98. The Labute approximate surface area is 344 Å². The Balaban J connectivity index is 1.46. The lowest BCUT2D eigenvalue weighted by Gasteiger charge is -2.40. The van der Waals surface area contributed by atoms with Gasteiger partial charge < -0.3 is 112 Å². The highest BCUT2D eigenvalue weighted by Gasteiger charge is 2.46. The Kier molecular flexibility index (Phi) is 21.0. The maximum atomic E-state index is 13.0. The molecule has 0 aromatic carbocycles. The van der Waals surface area contributed by atoms with Crippen LogP contribution in [0.2, 0.25) is 0 Å². The first-order chi connectivity index (χ1) is 27.0. The number of carbonyl (C=O) groups is 1. The van der Waals surface area contributed by atoms with Crippen molar-refractivity contribution in [2.75, 3.05) is 46.5 Å². The minimum atomic E-state index is -1.64. The number of amides is 1. The molecule has 3 rings (SSSR count). The third kappa shape index (κ3) is 14.6. The zero-order chi connectivity index (χ0) is 42.4. The van der Waals surface area contributed by atoms with Crippen LogP contribution in [0, 0.1) is 0 Å². The van der Waals surface area contributed by atoms with Gasteiger partial charge in [0, 0.05) is 39.7 Å². The van der Waals surface area contributed by atoms with E-state index in [1.165, 1.54) is 7.11 Å². The molecule has 0 unspecified atom stereocenters. The molecule has 0 aromatic rings. The highest BCUT2D eigenvalue weighted by molar-refractivity contribution is 7.80. The fourth-order valence-electron chi connectivity index (χ4n) is 6.03. The predicted octanol–water partition coefficient (Wildman–Crippen LogP) is -8.52. The van der Waals surface area contributed by atoms with Crippen molar-refractivity contribution in [1.29, 1.82) is 0 Å². The van der Waals surface area contributed by atoms with E-state index in [9.17, 15) is 61.0 Å². The van der Waals surface area contributed by atoms with Crippen molar-refractivity contribution in [1.82, 2.24) is 37.2 Å². The van der Waals surface area contributed by atoms with E-state index in [1.807, 2.05) is 0 Å². The Morgan fingerprint density at radius 3 is 1.58 bits per heavy atom. The van der Waals surface area contributed by atoms with Gasteiger partial charge in [0.2, 0.25) is 5.91 Å². The summed E-state index contributed by atoms with van der Waals surface area (Å²) in [7, 11) is 1.30. The summed E-state index contributed by atoms with van der Waals surface area (Å²) in [6, 6.07) is -0.707. The molecule has 57 heavy (non-hydrogen) atoms. The molecule has 3 aliphatic rings. The van der Waals surface area contributed by atoms with Crippen LogP contribution < -0.4 is 37.2 Å². The van der Waals surface area contributed by atoms with Gasteiger partial charge in [-0.05, 0) is 49.5 Å². The van der Waals surface area contributed by atoms with Gasteiger partial charge in [-0.3, -0.25) is 4.79 Å². The van der Waals surface area contributed by atoms with Crippen LogP contribution in [0.4, 0.5) is 0 Å². The average molecular weight is 880 g/mol. The largest absolute Gasteiger partial charge is 0.394 e. The van der Waals surface area contributed by atoms with E-state index in [2.05, 4.69) is 37.2 Å². The molecule has 330 valence electrons. The van der Waals surface area contributed by atoms with Crippen molar-refractivity contribution in [3.8, 4) is 0 Å². The number of carbonyl (C=O) groups excluding carboxylic acids is 1. The molecule has 26 heteroatoms. The molecule has 3 fully saturated rings. The second-order valence-corrected chi connectivity index (χ2v) is 14.9. The summed E-state index contributed by atoms with van der Waals surface area (Å²) in [5, 5.41) is 130. The molecule has 18 N–H and O–H groups in total. The van der Waals surface area contributed by atoms with Crippen LogP contribution in [0.3, 0.4) is 0 Å². The molecule has 15 atom stereocenters. The van der Waals surface area contributed by atoms with Gasteiger partial charge in [-0.1, -0.05) is 6.42 Å². The molecular formula is C31H57N7O16S3. The van der Waals surface area contributed by atoms with Crippen LogP contribution in [0.15, 0.2) is 0 Å². The second-order valence-electron chi connectivity index (χ2n) is 13.7. The van der Waals surface area contributed by atoms with Crippen LogP contribution in [-0.2, 0) is 23.7 Å². The second kappa shape index (κ2) is 24.3. The zero-order valence-electron chi connectivity index (χ0n) is 31.0. The molecule has 1 amide bonds. The van der Waals surface area contributed by atoms with Crippen molar-refractivity contribution in [2.24, 2.45) is 0 Å². The maximum absolute atomic E-state index is 13.0. The van der Waals surface area contributed by atoms with Gasteiger partial charge in [-0.25, -0.2) is 0 Å². The lowest BCUT2D eigenvalue weighted by Crippen LogP contribution is -2.64. The average Bonchev–Trinajstić information content (AvgIpc) is 3.19. The van der Waals surface area contributed by atoms with Gasteiger partial charge in [0.25, 0.3) is 0 Å². The molecule has 0 saturated carbocycles. The maximum Gasteiger partial charge on any atom is 0.220 e. The van der Waals surface area contributed by atoms with E-state index >= 15 is 0 Å². The number of rotatable bonds is 18. The normalized spacial score (nSPS) is 35.5. The van der Waals surface area contributed by atoms with E-state index in [1.54, 1.807) is 0 Å². The molecule has 0 spiro atoms. The SMILES string of the molecule is CO[C@H]1O[C@H](CNC(=S)NCCCCCC(=O)NC(CNC(=S)N[C@H]2O[C@H](CO)[C@@H](O)[C@H](O)[C@@H]2O)CNC(=S)N[C@H]2O[C@H](CO)[C@@H](O)[C@H](O)[C@@H]2O)[C@@H](O)[C@H](O)[C@H]1O. The molecule has 0 bridgehead atoms. The van der Waals surface area contributed by atoms with E-state index in [0.29, 0.717) is 25.8 Å². The van der Waals surface area contributed by atoms with E-state index in [4.69, 9.17) is 55.6 Å². The highest BCUT2D eigenvalue weighted by atomic mass is 32.1. The third-order valence-electron chi connectivity index (χ3n) is 9.45. The monoisotopic (exact) mass is 879 g/mol. The first kappa shape index (κ1) is 49.3. The zero-order valence-corrected chi connectivity index (χ0v) is 33.4. The summed E-state index contributed by atoms with van der Waals surface area (Å²) in [5.41, 5.74) is 0. The number of hydrogen-bond acceptors (Lipinski definition) is 19. The summed E-state index contributed by atoms with van der Waals surface area (Å²) in [5.74, 6) is -0.331. The number of thiocarbonyl (C=S) groups is 3. The standard InChI is InChI=1S/C31H57N7O16S3/c1-51-28-25(50)22(47)17(42)13(54-28)9-35-29(55)32-6-4-2-3-5-16(41)36-12(7-33-30(56)37-26-23(48)20(45)18(43)14(10-39)52-26)8-34-31(57)38-27-24(49)21(46)19(44)15(11-40)53-27/h12-15,17-28,39-40,42-50H,2-11H2,1H3,(H,36,41)(H2,32,35,55)(H2,33,37,56)(H2,34,38,57)/t13-,14-,15-,17-,18-,19-,20+,21+,22+,23+,24+,25-,26+,27+,28+/m1/s1. The Morgan fingerprint density at radius 2 is 1.09 bits per heavy atom. The molecular weight excluding hydrogens is 823 g/mol. The molecule has 0 radical (unpaired) electrons. The first-order valence-corrected chi connectivity index (χ1v) is 19.5. The van der Waals surface area contributed by atoms with Gasteiger partial charge in [-0.15, -0.1) is 0 Å². The molecule has 0 aromatic heterocycles. The topological polar surface area (TPSA) is 361 Å². The van der Waals surface area contributed by atoms with Crippen molar-refractivity contribution in [2.45, 2.75) is 124 Å². The summed E-state index contributed by atoms with van der Waals surface area (Å²) in [6.07, 6.45) is -18.9. The smallest absolute Gasteiger partial charge is 0.220 e. The van der Waals surface area contributed by atoms with Crippen LogP contribution in [-0.4, -0.2) is 222 Å². The number of aliphatic hydroxyl groups is 11. The van der Waals surface area contributed by atoms with Crippen LogP contribution in [0.5, 0.6) is 0 Å². The molecule has 3 heterocycles.